The molecule has 1 aliphatic rings. The number of nitrogens with zero attached hydrogens (tertiary/aromatic N) is 2. The molecule has 0 bridgehead atoms. The van der Waals surface area contributed by atoms with Gasteiger partial charge in [-0.15, -0.1) is 0 Å². The summed E-state index contributed by atoms with van der Waals surface area (Å²) in [6.45, 7) is 1.44. The van der Waals surface area contributed by atoms with Crippen molar-refractivity contribution in [1.82, 2.24) is 14.9 Å². The van der Waals surface area contributed by atoms with E-state index in [-0.39, 0.29) is 17.6 Å². The number of hydrogen-bond acceptors (Lipinski definition) is 2. The van der Waals surface area contributed by atoms with Crippen LogP contribution in [-0.4, -0.2) is 22.0 Å². The largest absolute Gasteiger partial charge is 0.356 e. The van der Waals surface area contributed by atoms with Gasteiger partial charge in [0.05, 0.1) is 6.33 Å². The number of carbonyl (C=O) groups excluding carboxylic acids is 1. The Hall–Kier alpha value is -2.17. The first-order valence-electron chi connectivity index (χ1n) is 7.23. The summed E-state index contributed by atoms with van der Waals surface area (Å²) in [4.78, 5) is 16.3. The molecule has 21 heavy (non-hydrogen) atoms. The number of aromatic nitrogens is 2. The van der Waals surface area contributed by atoms with Crippen LogP contribution in [0.2, 0.25) is 0 Å². The molecule has 1 aromatic heterocycles. The van der Waals surface area contributed by atoms with Gasteiger partial charge in [0, 0.05) is 37.3 Å². The Bertz CT molecular complexity index is 621. The second-order valence-electron chi connectivity index (χ2n) is 5.44. The summed E-state index contributed by atoms with van der Waals surface area (Å²) in [5.74, 6) is -0.103. The highest BCUT2D eigenvalue weighted by atomic mass is 19.1. The predicted octanol–water partition coefficient (Wildman–Crippen LogP) is 1.94. The third-order valence-electron chi connectivity index (χ3n) is 3.97. The molecule has 0 fully saturated rings. The van der Waals surface area contributed by atoms with E-state index in [0.29, 0.717) is 6.54 Å². The van der Waals surface area contributed by atoms with E-state index in [9.17, 15) is 9.18 Å². The Labute approximate surface area is 123 Å². The van der Waals surface area contributed by atoms with Crippen LogP contribution in [0.25, 0.3) is 0 Å². The number of carbonyl (C=O) groups is 1. The van der Waals surface area contributed by atoms with Gasteiger partial charge in [-0.3, -0.25) is 4.79 Å². The van der Waals surface area contributed by atoms with E-state index >= 15 is 0 Å². The van der Waals surface area contributed by atoms with Gasteiger partial charge in [0.25, 0.3) is 0 Å². The molecule has 0 aliphatic carbocycles. The van der Waals surface area contributed by atoms with Crippen molar-refractivity contribution in [2.75, 3.05) is 6.54 Å². The van der Waals surface area contributed by atoms with E-state index in [1.165, 1.54) is 12.1 Å². The molecule has 0 radical (unpaired) electrons. The average Bonchev–Trinajstić information content (AvgIpc) is 2.96. The summed E-state index contributed by atoms with van der Waals surface area (Å²) >= 11 is 0. The molecule has 1 amide bonds. The zero-order chi connectivity index (χ0) is 14.7. The number of amides is 1. The lowest BCUT2D eigenvalue weighted by molar-refractivity contribution is -0.125. The smallest absolute Gasteiger partial charge is 0.223 e. The number of aryl methyl sites for hydroxylation is 1. The fourth-order valence-electron chi connectivity index (χ4n) is 2.72. The molecule has 0 spiro atoms. The maximum absolute atomic E-state index is 12.8. The third-order valence-corrected chi connectivity index (χ3v) is 3.97. The van der Waals surface area contributed by atoms with Crippen molar-refractivity contribution in [3.63, 3.8) is 0 Å². The van der Waals surface area contributed by atoms with Crippen molar-refractivity contribution in [3.8, 4) is 0 Å². The fourth-order valence-corrected chi connectivity index (χ4v) is 2.72. The SMILES string of the molecule is O=C(NCCc1ccc(F)cc1)C1CCn2cncc2C1. The molecule has 1 unspecified atom stereocenters. The lowest BCUT2D eigenvalue weighted by Gasteiger charge is -2.22. The molecule has 1 N–H and O–H groups in total. The molecule has 4 nitrogen and oxygen atoms in total. The molecule has 1 aromatic carbocycles. The van der Waals surface area contributed by atoms with Crippen molar-refractivity contribution in [3.05, 3.63) is 53.9 Å². The van der Waals surface area contributed by atoms with E-state index in [0.717, 1.165) is 37.1 Å². The van der Waals surface area contributed by atoms with E-state index in [1.54, 1.807) is 12.1 Å². The zero-order valence-electron chi connectivity index (χ0n) is 11.8. The Morgan fingerprint density at radius 1 is 1.38 bits per heavy atom. The average molecular weight is 287 g/mol. The van der Waals surface area contributed by atoms with E-state index in [4.69, 9.17) is 0 Å². The standard InChI is InChI=1S/C16H18FN3O/c17-14-3-1-12(2-4-14)5-7-19-16(21)13-6-8-20-11-18-10-15(20)9-13/h1-4,10-11,13H,5-9H2,(H,19,21). The molecule has 110 valence electrons. The van der Waals surface area contributed by atoms with Crippen LogP contribution in [0.1, 0.15) is 17.7 Å². The third kappa shape index (κ3) is 3.29. The van der Waals surface area contributed by atoms with Gasteiger partial charge in [-0.05, 0) is 30.5 Å². The number of rotatable bonds is 4. The highest BCUT2D eigenvalue weighted by Gasteiger charge is 2.24. The molecule has 0 saturated carbocycles. The molecule has 2 heterocycles. The van der Waals surface area contributed by atoms with Crippen LogP contribution in [0.15, 0.2) is 36.8 Å². The van der Waals surface area contributed by atoms with Crippen LogP contribution >= 0.6 is 0 Å². The second kappa shape index (κ2) is 6.08. The molecule has 1 atom stereocenters. The summed E-state index contributed by atoms with van der Waals surface area (Å²) in [7, 11) is 0. The minimum atomic E-state index is -0.235. The maximum atomic E-state index is 12.8. The monoisotopic (exact) mass is 287 g/mol. The second-order valence-corrected chi connectivity index (χ2v) is 5.44. The fraction of sp³-hybridized carbons (Fsp3) is 0.375. The number of nitrogens with one attached hydrogen (secondary N) is 1. The number of benzene rings is 1. The lowest BCUT2D eigenvalue weighted by atomic mass is 9.95. The highest BCUT2D eigenvalue weighted by molar-refractivity contribution is 5.79. The molecule has 5 heteroatoms. The van der Waals surface area contributed by atoms with E-state index < -0.39 is 0 Å². The summed E-state index contributed by atoms with van der Waals surface area (Å²) in [5.41, 5.74) is 2.15. The van der Waals surface area contributed by atoms with Crippen molar-refractivity contribution in [2.45, 2.75) is 25.8 Å². The molecular formula is C16H18FN3O. The first-order chi connectivity index (χ1) is 10.2. The van der Waals surface area contributed by atoms with E-state index in [1.807, 2.05) is 12.5 Å². The van der Waals surface area contributed by atoms with Crippen molar-refractivity contribution in [2.24, 2.45) is 5.92 Å². The van der Waals surface area contributed by atoms with Crippen molar-refractivity contribution < 1.29 is 9.18 Å². The number of hydrogen-bond donors (Lipinski definition) is 1. The highest BCUT2D eigenvalue weighted by Crippen LogP contribution is 2.19. The molecule has 1 aliphatic heterocycles. The Morgan fingerprint density at radius 3 is 3.00 bits per heavy atom. The first-order valence-corrected chi connectivity index (χ1v) is 7.23. The summed E-state index contributed by atoms with van der Waals surface area (Å²) < 4.78 is 14.9. The van der Waals surface area contributed by atoms with Gasteiger partial charge in [-0.2, -0.15) is 0 Å². The van der Waals surface area contributed by atoms with Crippen LogP contribution < -0.4 is 5.32 Å². The zero-order valence-corrected chi connectivity index (χ0v) is 11.8. The van der Waals surface area contributed by atoms with Gasteiger partial charge in [-0.25, -0.2) is 9.37 Å². The Kier molecular flexibility index (Phi) is 3.99. The minimum Gasteiger partial charge on any atom is -0.356 e. The van der Waals surface area contributed by atoms with Crippen molar-refractivity contribution >= 4 is 5.91 Å². The Morgan fingerprint density at radius 2 is 2.19 bits per heavy atom. The van der Waals surface area contributed by atoms with Gasteiger partial charge in [0.2, 0.25) is 5.91 Å². The predicted molar refractivity (Wildman–Crippen MR) is 77.2 cm³/mol. The summed E-state index contributed by atoms with van der Waals surface area (Å²) in [6.07, 6.45) is 5.97. The van der Waals surface area contributed by atoms with Crippen LogP contribution in [0.4, 0.5) is 4.39 Å². The number of fused-ring (bicyclic) bond motifs is 1. The normalized spacial score (nSPS) is 17.3. The van der Waals surface area contributed by atoms with Gasteiger partial charge in [-0.1, -0.05) is 12.1 Å². The summed E-state index contributed by atoms with van der Waals surface area (Å²) in [5, 5.41) is 2.98. The Balaban J connectivity index is 1.48. The van der Waals surface area contributed by atoms with Gasteiger partial charge >= 0.3 is 0 Å². The minimum absolute atomic E-state index is 0.0300. The molecular weight excluding hydrogens is 269 g/mol. The summed E-state index contributed by atoms with van der Waals surface area (Å²) in [6, 6.07) is 6.39. The first kappa shape index (κ1) is 13.8. The van der Waals surface area contributed by atoms with Crippen LogP contribution in [-0.2, 0) is 24.2 Å². The number of imidazole rings is 1. The van der Waals surface area contributed by atoms with Crippen LogP contribution in [0.3, 0.4) is 0 Å². The number of halogens is 1. The molecule has 3 rings (SSSR count). The van der Waals surface area contributed by atoms with E-state index in [2.05, 4.69) is 14.9 Å². The lowest BCUT2D eigenvalue weighted by Crippen LogP contribution is -2.36. The van der Waals surface area contributed by atoms with Crippen molar-refractivity contribution in [1.29, 1.82) is 0 Å². The van der Waals surface area contributed by atoms with Gasteiger partial charge in [0.15, 0.2) is 0 Å². The van der Waals surface area contributed by atoms with Crippen LogP contribution in [0, 0.1) is 11.7 Å². The topological polar surface area (TPSA) is 46.9 Å². The van der Waals surface area contributed by atoms with Gasteiger partial charge in [0.1, 0.15) is 5.82 Å². The molecule has 0 saturated heterocycles. The quantitative estimate of drug-likeness (QED) is 0.934. The van der Waals surface area contributed by atoms with Crippen LogP contribution in [0.5, 0.6) is 0 Å². The maximum Gasteiger partial charge on any atom is 0.223 e. The molecule has 2 aromatic rings. The van der Waals surface area contributed by atoms with Gasteiger partial charge < -0.3 is 9.88 Å².